The lowest BCUT2D eigenvalue weighted by molar-refractivity contribution is 0.713. The summed E-state index contributed by atoms with van der Waals surface area (Å²) in [5.74, 6) is 0.455. The Hall–Kier alpha value is -1.35. The highest BCUT2D eigenvalue weighted by Crippen LogP contribution is 2.31. The van der Waals surface area contributed by atoms with Crippen LogP contribution in [0.3, 0.4) is 0 Å². The summed E-state index contributed by atoms with van der Waals surface area (Å²) in [4.78, 5) is 0. The van der Waals surface area contributed by atoms with Crippen molar-refractivity contribution in [2.75, 3.05) is 5.32 Å². The first-order valence-electron chi connectivity index (χ1n) is 4.87. The highest BCUT2D eigenvalue weighted by Gasteiger charge is 2.18. The number of hydrogen-bond donors (Lipinski definition) is 3. The van der Waals surface area contributed by atoms with Crippen molar-refractivity contribution in [1.29, 1.82) is 5.41 Å². The van der Waals surface area contributed by atoms with Gasteiger partial charge in [-0.1, -0.05) is 6.07 Å². The Bertz CT molecular complexity index is 371. The smallest absolute Gasteiger partial charge is 0.0944 e. The van der Waals surface area contributed by atoms with Crippen molar-refractivity contribution < 1.29 is 0 Å². The van der Waals surface area contributed by atoms with Crippen molar-refractivity contribution in [3.05, 3.63) is 29.3 Å². The Labute approximate surface area is 83.8 Å². The molecule has 3 nitrogen and oxygen atoms in total. The molecule has 1 unspecified atom stereocenters. The van der Waals surface area contributed by atoms with E-state index in [2.05, 4.69) is 17.4 Å². The Kier molecular flexibility index (Phi) is 2.25. The monoisotopic (exact) mass is 189 g/mol. The molecule has 0 saturated carbocycles. The van der Waals surface area contributed by atoms with E-state index in [1.54, 1.807) is 6.92 Å². The molecule has 0 bridgehead atoms. The lowest BCUT2D eigenvalue weighted by atomic mass is 10.1. The van der Waals surface area contributed by atoms with E-state index in [1.165, 1.54) is 11.1 Å². The van der Waals surface area contributed by atoms with Gasteiger partial charge >= 0.3 is 0 Å². The SMILES string of the molecule is CC(=N)Nc1ccc2c(c1)C(N)CC2. The van der Waals surface area contributed by atoms with E-state index in [0.29, 0.717) is 5.84 Å². The molecule has 4 N–H and O–H groups in total. The van der Waals surface area contributed by atoms with Crippen LogP contribution in [0.25, 0.3) is 0 Å². The van der Waals surface area contributed by atoms with Gasteiger partial charge in [0.25, 0.3) is 0 Å². The van der Waals surface area contributed by atoms with E-state index in [4.69, 9.17) is 11.1 Å². The van der Waals surface area contributed by atoms with Crippen LogP contribution < -0.4 is 11.1 Å². The van der Waals surface area contributed by atoms with Gasteiger partial charge in [0.15, 0.2) is 0 Å². The molecule has 1 aromatic carbocycles. The molecule has 1 aromatic rings. The molecule has 3 heteroatoms. The van der Waals surface area contributed by atoms with Crippen LogP contribution in [-0.4, -0.2) is 5.84 Å². The molecule has 2 rings (SSSR count). The van der Waals surface area contributed by atoms with E-state index in [1.807, 2.05) is 6.07 Å². The second-order valence-electron chi connectivity index (χ2n) is 3.81. The number of benzene rings is 1. The third-order valence-corrected chi connectivity index (χ3v) is 2.60. The molecule has 0 heterocycles. The van der Waals surface area contributed by atoms with Crippen molar-refractivity contribution in [3.8, 4) is 0 Å². The van der Waals surface area contributed by atoms with Crippen molar-refractivity contribution in [1.82, 2.24) is 0 Å². The molecule has 1 aliphatic carbocycles. The first-order valence-corrected chi connectivity index (χ1v) is 4.87. The van der Waals surface area contributed by atoms with Crippen LogP contribution in [0, 0.1) is 5.41 Å². The zero-order chi connectivity index (χ0) is 10.1. The van der Waals surface area contributed by atoms with Crippen LogP contribution in [0.15, 0.2) is 18.2 Å². The third-order valence-electron chi connectivity index (χ3n) is 2.60. The van der Waals surface area contributed by atoms with Crippen LogP contribution >= 0.6 is 0 Å². The summed E-state index contributed by atoms with van der Waals surface area (Å²) >= 11 is 0. The summed E-state index contributed by atoms with van der Waals surface area (Å²) in [6, 6.07) is 6.35. The highest BCUT2D eigenvalue weighted by molar-refractivity contribution is 5.91. The number of nitrogens with two attached hydrogens (primary N) is 1. The quantitative estimate of drug-likeness (QED) is 0.467. The molecule has 74 valence electrons. The van der Waals surface area contributed by atoms with Crippen molar-refractivity contribution >= 4 is 11.5 Å². The van der Waals surface area contributed by atoms with Crippen LogP contribution in [-0.2, 0) is 6.42 Å². The summed E-state index contributed by atoms with van der Waals surface area (Å²) in [6.07, 6.45) is 2.13. The molecule has 0 radical (unpaired) electrons. The number of aryl methyl sites for hydroxylation is 1. The topological polar surface area (TPSA) is 61.9 Å². The summed E-state index contributed by atoms with van der Waals surface area (Å²) in [5, 5.41) is 10.3. The Morgan fingerprint density at radius 3 is 3.07 bits per heavy atom. The van der Waals surface area contributed by atoms with Gasteiger partial charge < -0.3 is 11.1 Å². The van der Waals surface area contributed by atoms with Crippen LogP contribution in [0.4, 0.5) is 5.69 Å². The Morgan fingerprint density at radius 2 is 2.36 bits per heavy atom. The Balaban J connectivity index is 2.30. The minimum absolute atomic E-state index is 0.179. The van der Waals surface area contributed by atoms with Gasteiger partial charge in [-0.3, -0.25) is 5.41 Å². The number of nitrogens with one attached hydrogen (secondary N) is 2. The standard InChI is InChI=1S/C11H15N3/c1-7(12)14-9-4-2-8-3-5-11(13)10(8)6-9/h2,4,6,11H,3,5,13H2,1H3,(H2,12,14). The van der Waals surface area contributed by atoms with Crippen molar-refractivity contribution in [3.63, 3.8) is 0 Å². The summed E-state index contributed by atoms with van der Waals surface area (Å²) < 4.78 is 0. The molecule has 0 saturated heterocycles. The van der Waals surface area contributed by atoms with Crippen molar-refractivity contribution in [2.24, 2.45) is 5.73 Å². The van der Waals surface area contributed by atoms with Gasteiger partial charge in [-0.25, -0.2) is 0 Å². The summed E-state index contributed by atoms with van der Waals surface area (Å²) in [7, 11) is 0. The molecule has 0 spiro atoms. The fraction of sp³-hybridized carbons (Fsp3) is 0.364. The maximum Gasteiger partial charge on any atom is 0.0944 e. The van der Waals surface area contributed by atoms with E-state index in [9.17, 15) is 0 Å². The van der Waals surface area contributed by atoms with Gasteiger partial charge in [-0.15, -0.1) is 0 Å². The molecule has 0 aromatic heterocycles. The zero-order valence-electron chi connectivity index (χ0n) is 8.30. The minimum atomic E-state index is 0.179. The highest BCUT2D eigenvalue weighted by atomic mass is 14.9. The lowest BCUT2D eigenvalue weighted by Gasteiger charge is -2.09. The maximum atomic E-state index is 7.34. The lowest BCUT2D eigenvalue weighted by Crippen LogP contribution is -2.08. The van der Waals surface area contributed by atoms with E-state index < -0.39 is 0 Å². The number of hydrogen-bond acceptors (Lipinski definition) is 2. The predicted molar refractivity (Wildman–Crippen MR) is 58.7 cm³/mol. The van der Waals surface area contributed by atoms with Gasteiger partial charge in [0, 0.05) is 11.7 Å². The number of amidine groups is 1. The predicted octanol–water partition coefficient (Wildman–Crippen LogP) is 2.04. The van der Waals surface area contributed by atoms with Crippen LogP contribution in [0.5, 0.6) is 0 Å². The van der Waals surface area contributed by atoms with E-state index in [-0.39, 0.29) is 6.04 Å². The fourth-order valence-corrected chi connectivity index (χ4v) is 1.93. The summed E-state index contributed by atoms with van der Waals surface area (Å²) in [5.41, 5.74) is 9.52. The van der Waals surface area contributed by atoms with Gasteiger partial charge in [0.05, 0.1) is 5.84 Å². The average molecular weight is 189 g/mol. The third kappa shape index (κ3) is 1.63. The van der Waals surface area contributed by atoms with E-state index >= 15 is 0 Å². The second kappa shape index (κ2) is 3.42. The van der Waals surface area contributed by atoms with Gasteiger partial charge in [0.1, 0.15) is 0 Å². The maximum absolute atomic E-state index is 7.34. The van der Waals surface area contributed by atoms with Gasteiger partial charge in [-0.2, -0.15) is 0 Å². The number of anilines is 1. The van der Waals surface area contributed by atoms with Gasteiger partial charge in [0.2, 0.25) is 0 Å². The molecular weight excluding hydrogens is 174 g/mol. The number of fused-ring (bicyclic) bond motifs is 1. The zero-order valence-corrected chi connectivity index (χ0v) is 8.30. The van der Waals surface area contributed by atoms with Crippen molar-refractivity contribution in [2.45, 2.75) is 25.8 Å². The van der Waals surface area contributed by atoms with Crippen LogP contribution in [0.1, 0.15) is 30.5 Å². The average Bonchev–Trinajstić information content (AvgIpc) is 2.47. The minimum Gasteiger partial charge on any atom is -0.344 e. The normalized spacial score (nSPS) is 19.1. The molecule has 0 fully saturated rings. The van der Waals surface area contributed by atoms with Crippen LogP contribution in [0.2, 0.25) is 0 Å². The first-order chi connectivity index (χ1) is 6.66. The molecule has 1 aliphatic rings. The fourth-order valence-electron chi connectivity index (χ4n) is 1.93. The molecule has 0 amide bonds. The molecule has 14 heavy (non-hydrogen) atoms. The van der Waals surface area contributed by atoms with Gasteiger partial charge in [-0.05, 0) is 43.0 Å². The molecular formula is C11H15N3. The first kappa shape index (κ1) is 9.21. The molecule has 1 atom stereocenters. The molecule has 0 aliphatic heterocycles. The summed E-state index contributed by atoms with van der Waals surface area (Å²) in [6.45, 7) is 1.73. The number of rotatable bonds is 1. The van der Waals surface area contributed by atoms with E-state index in [0.717, 1.165) is 18.5 Å². The largest absolute Gasteiger partial charge is 0.344 e. The second-order valence-corrected chi connectivity index (χ2v) is 3.81. The Morgan fingerprint density at radius 1 is 1.57 bits per heavy atom.